The fourth-order valence-electron chi connectivity index (χ4n) is 2.66. The molecule has 0 aliphatic heterocycles. The average Bonchev–Trinajstić information content (AvgIpc) is 2.70. The SMILES string of the molecule is O=C(Nc1ccc(Cl)c(C(F)(F)F)c1)Nc1cc(Cl)ccc1Oc1ccccc1S(=O)(=O)O. The van der Waals surface area contributed by atoms with Gasteiger partial charge in [-0.1, -0.05) is 35.3 Å². The predicted octanol–water partition coefficient (Wildman–Crippen LogP) is 6.70. The molecule has 0 aromatic heterocycles. The first-order valence-corrected chi connectivity index (χ1v) is 11.0. The van der Waals surface area contributed by atoms with Crippen LogP contribution < -0.4 is 15.4 Å². The topological polar surface area (TPSA) is 105 Å². The molecule has 174 valence electrons. The molecule has 0 atom stereocenters. The molecule has 3 N–H and O–H groups in total. The van der Waals surface area contributed by atoms with E-state index in [0.717, 1.165) is 12.1 Å². The van der Waals surface area contributed by atoms with Crippen molar-refractivity contribution in [1.29, 1.82) is 0 Å². The quantitative estimate of drug-likeness (QED) is 0.325. The molecule has 33 heavy (non-hydrogen) atoms. The number of nitrogens with one attached hydrogen (secondary N) is 2. The van der Waals surface area contributed by atoms with Crippen molar-refractivity contribution in [3.8, 4) is 11.5 Å². The Bertz CT molecular complexity index is 1320. The van der Waals surface area contributed by atoms with Gasteiger partial charge in [-0.05, 0) is 48.5 Å². The lowest BCUT2D eigenvalue weighted by atomic mass is 10.2. The highest BCUT2D eigenvalue weighted by Crippen LogP contribution is 2.37. The molecule has 0 heterocycles. The van der Waals surface area contributed by atoms with Crippen molar-refractivity contribution in [2.75, 3.05) is 10.6 Å². The van der Waals surface area contributed by atoms with Gasteiger partial charge in [0.2, 0.25) is 0 Å². The van der Waals surface area contributed by atoms with Crippen LogP contribution in [0.25, 0.3) is 0 Å². The van der Waals surface area contributed by atoms with Gasteiger partial charge in [0.15, 0.2) is 5.75 Å². The van der Waals surface area contributed by atoms with Gasteiger partial charge in [-0.25, -0.2) is 4.79 Å². The minimum atomic E-state index is -4.72. The van der Waals surface area contributed by atoms with Crippen LogP contribution >= 0.6 is 23.2 Å². The molecule has 0 saturated carbocycles. The van der Waals surface area contributed by atoms with Crippen LogP contribution in [0.3, 0.4) is 0 Å². The second-order valence-electron chi connectivity index (χ2n) is 6.44. The Morgan fingerprint density at radius 2 is 1.64 bits per heavy atom. The number of halogens is 5. The number of para-hydroxylation sites is 1. The molecular weight excluding hydrogens is 508 g/mol. The Kier molecular flexibility index (Phi) is 7.08. The van der Waals surface area contributed by atoms with Gasteiger partial charge in [-0.3, -0.25) is 4.55 Å². The second-order valence-corrected chi connectivity index (χ2v) is 8.67. The molecule has 0 spiro atoms. The van der Waals surface area contributed by atoms with Crippen molar-refractivity contribution >= 4 is 50.7 Å². The molecule has 0 aliphatic carbocycles. The summed E-state index contributed by atoms with van der Waals surface area (Å²) >= 11 is 11.5. The molecule has 13 heteroatoms. The number of amides is 2. The molecule has 0 bridgehead atoms. The number of benzene rings is 3. The molecule has 0 saturated heterocycles. The first-order valence-electron chi connectivity index (χ1n) is 8.83. The van der Waals surface area contributed by atoms with Crippen molar-refractivity contribution in [3.05, 3.63) is 76.3 Å². The number of ether oxygens (including phenoxy) is 1. The summed E-state index contributed by atoms with van der Waals surface area (Å²) in [6, 6.07) is 11.1. The van der Waals surface area contributed by atoms with Gasteiger partial charge in [0, 0.05) is 10.7 Å². The number of carbonyl (C=O) groups excluding carboxylic acids is 1. The largest absolute Gasteiger partial charge is 0.454 e. The molecule has 2 amide bonds. The van der Waals surface area contributed by atoms with Gasteiger partial charge in [-0.2, -0.15) is 21.6 Å². The van der Waals surface area contributed by atoms with Crippen molar-refractivity contribution in [1.82, 2.24) is 0 Å². The highest BCUT2D eigenvalue weighted by Gasteiger charge is 2.33. The van der Waals surface area contributed by atoms with E-state index in [2.05, 4.69) is 10.6 Å². The summed E-state index contributed by atoms with van der Waals surface area (Å²) in [5.74, 6) is -0.295. The molecule has 3 aromatic carbocycles. The zero-order valence-corrected chi connectivity index (χ0v) is 18.5. The third-order valence-corrected chi connectivity index (χ3v) is 5.52. The van der Waals surface area contributed by atoms with E-state index >= 15 is 0 Å². The van der Waals surface area contributed by atoms with Gasteiger partial charge < -0.3 is 15.4 Å². The minimum absolute atomic E-state index is 0.0323. The summed E-state index contributed by atoms with van der Waals surface area (Å²) < 4.78 is 77.1. The molecule has 0 radical (unpaired) electrons. The highest BCUT2D eigenvalue weighted by molar-refractivity contribution is 7.86. The fraction of sp³-hybridized carbons (Fsp3) is 0.0500. The summed E-state index contributed by atoms with van der Waals surface area (Å²) in [6.07, 6.45) is -4.72. The normalized spacial score (nSPS) is 11.7. The van der Waals surface area contributed by atoms with E-state index in [0.29, 0.717) is 6.07 Å². The molecular formula is C20H13Cl2F3N2O5S. The standard InChI is InChI=1S/C20H13Cl2F3N2O5S/c21-11-5-8-16(32-17-3-1-2-4-18(17)33(29,30)31)15(9-11)27-19(28)26-12-6-7-14(22)13(10-12)20(23,24)25/h1-10H,(H2,26,27,28)(H,29,30,31). The third-order valence-electron chi connectivity index (χ3n) is 4.07. The van der Waals surface area contributed by atoms with Crippen molar-refractivity contribution in [3.63, 3.8) is 0 Å². The average molecular weight is 521 g/mol. The lowest BCUT2D eigenvalue weighted by molar-refractivity contribution is -0.137. The lowest BCUT2D eigenvalue weighted by Gasteiger charge is -2.15. The maximum atomic E-state index is 13.0. The van der Waals surface area contributed by atoms with Crippen LogP contribution in [-0.2, 0) is 16.3 Å². The first kappa shape index (κ1) is 24.6. The number of hydrogen-bond donors (Lipinski definition) is 3. The van der Waals surface area contributed by atoms with E-state index in [9.17, 15) is 30.9 Å². The monoisotopic (exact) mass is 520 g/mol. The number of rotatable bonds is 5. The van der Waals surface area contributed by atoms with Crippen LogP contribution in [0.2, 0.25) is 10.0 Å². The van der Waals surface area contributed by atoms with Gasteiger partial charge in [-0.15, -0.1) is 0 Å². The molecule has 0 fully saturated rings. The zero-order valence-electron chi connectivity index (χ0n) is 16.2. The molecule has 0 unspecified atom stereocenters. The van der Waals surface area contributed by atoms with Crippen LogP contribution in [0.5, 0.6) is 11.5 Å². The molecule has 0 aliphatic rings. The van der Waals surface area contributed by atoms with Crippen LogP contribution in [0.15, 0.2) is 65.6 Å². The number of urea groups is 1. The third kappa shape index (κ3) is 6.29. The van der Waals surface area contributed by atoms with E-state index < -0.39 is 37.8 Å². The minimum Gasteiger partial charge on any atom is -0.454 e. The van der Waals surface area contributed by atoms with Gasteiger partial charge >= 0.3 is 12.2 Å². The Morgan fingerprint density at radius 3 is 2.30 bits per heavy atom. The number of hydrogen-bond acceptors (Lipinski definition) is 4. The summed E-state index contributed by atoms with van der Waals surface area (Å²) in [6.45, 7) is 0. The zero-order chi connectivity index (χ0) is 24.4. The van der Waals surface area contributed by atoms with Gasteiger partial charge in [0.25, 0.3) is 10.1 Å². The molecule has 3 aromatic rings. The Labute approximate surface area is 195 Å². The van der Waals surface area contributed by atoms with Crippen LogP contribution in [0.1, 0.15) is 5.56 Å². The summed E-state index contributed by atoms with van der Waals surface area (Å²) in [5.41, 5.74) is -1.35. The highest BCUT2D eigenvalue weighted by atomic mass is 35.5. The number of alkyl halides is 3. The Morgan fingerprint density at radius 1 is 0.939 bits per heavy atom. The predicted molar refractivity (Wildman–Crippen MR) is 117 cm³/mol. The summed E-state index contributed by atoms with van der Waals surface area (Å²) in [4.78, 5) is 11.9. The number of anilines is 2. The van der Waals surface area contributed by atoms with Crippen molar-refractivity contribution < 1.29 is 35.7 Å². The first-order chi connectivity index (χ1) is 15.3. The summed E-state index contributed by atoms with van der Waals surface area (Å²) in [7, 11) is -4.61. The summed E-state index contributed by atoms with van der Waals surface area (Å²) in [5, 5.41) is 4.24. The second kappa shape index (κ2) is 9.48. The van der Waals surface area contributed by atoms with E-state index in [1.165, 1.54) is 42.5 Å². The molecule has 7 nitrogen and oxygen atoms in total. The van der Waals surface area contributed by atoms with Crippen LogP contribution in [0.4, 0.5) is 29.3 Å². The van der Waals surface area contributed by atoms with Crippen molar-refractivity contribution in [2.24, 2.45) is 0 Å². The Balaban J connectivity index is 1.86. The van der Waals surface area contributed by atoms with Gasteiger partial charge in [0.05, 0.1) is 16.3 Å². The van der Waals surface area contributed by atoms with Crippen molar-refractivity contribution in [2.45, 2.75) is 11.1 Å². The van der Waals surface area contributed by atoms with E-state index in [4.69, 9.17) is 27.9 Å². The maximum absolute atomic E-state index is 13.0. The van der Waals surface area contributed by atoms with E-state index in [-0.39, 0.29) is 27.9 Å². The van der Waals surface area contributed by atoms with Crippen LogP contribution in [0, 0.1) is 0 Å². The van der Waals surface area contributed by atoms with E-state index in [1.54, 1.807) is 0 Å². The fourth-order valence-corrected chi connectivity index (χ4v) is 3.67. The van der Waals surface area contributed by atoms with E-state index in [1.807, 2.05) is 0 Å². The maximum Gasteiger partial charge on any atom is 0.417 e. The lowest BCUT2D eigenvalue weighted by Crippen LogP contribution is -2.20. The smallest absolute Gasteiger partial charge is 0.417 e. The van der Waals surface area contributed by atoms with Crippen LogP contribution in [-0.4, -0.2) is 19.0 Å². The van der Waals surface area contributed by atoms with Gasteiger partial charge in [0.1, 0.15) is 10.6 Å². The number of carbonyl (C=O) groups is 1. The Hall–Kier alpha value is -2.99. The molecule has 3 rings (SSSR count).